The number of hydrogen-bond donors (Lipinski definition) is 0. The fraction of sp³-hybridized carbons (Fsp3) is 0.818. The van der Waals surface area contributed by atoms with Gasteiger partial charge in [0, 0.05) is 36.7 Å². The van der Waals surface area contributed by atoms with E-state index in [1.807, 2.05) is 24.9 Å². The van der Waals surface area contributed by atoms with E-state index < -0.39 is 14.1 Å². The maximum atomic E-state index is 12.8. The molecule has 3 heterocycles. The molecule has 3 saturated heterocycles. The molecule has 0 N–H and O–H groups in total. The van der Waals surface area contributed by atoms with Gasteiger partial charge >= 0.3 is 0 Å². The average Bonchev–Trinajstić information content (AvgIpc) is 3.21. The first-order chi connectivity index (χ1) is 8.54. The number of rotatable bonds is 2. The summed E-state index contributed by atoms with van der Waals surface area (Å²) in [5, 5.41) is 1.46. The first kappa shape index (κ1) is 12.1. The highest BCUT2D eigenvalue weighted by molar-refractivity contribution is 8.23. The minimum Gasteiger partial charge on any atom is -0.304 e. The molecule has 4 rings (SSSR count). The van der Waals surface area contributed by atoms with Crippen LogP contribution in [0.15, 0.2) is 12.2 Å². The Balaban J connectivity index is 1.61. The topological polar surface area (TPSA) is 40.6 Å². The van der Waals surface area contributed by atoms with Gasteiger partial charge < -0.3 is 4.90 Å². The third-order valence-corrected chi connectivity index (χ3v) is 10.5. The normalized spacial score (nSPS) is 47.5. The van der Waals surface area contributed by atoms with Gasteiger partial charge in [-0.25, -0.2) is 8.42 Å². The number of thioether (sulfide) groups is 2. The maximum Gasteiger partial charge on any atom is 0.234 e. The van der Waals surface area contributed by atoms with Crippen LogP contribution in [0.3, 0.4) is 0 Å². The number of hydrogen-bond acceptors (Lipinski definition) is 5. The van der Waals surface area contributed by atoms with Crippen molar-refractivity contribution < 1.29 is 8.42 Å². The summed E-state index contributed by atoms with van der Waals surface area (Å²) in [7, 11) is -1.13. The van der Waals surface area contributed by atoms with E-state index >= 15 is 0 Å². The summed E-state index contributed by atoms with van der Waals surface area (Å²) in [6, 6.07) is 0. The number of nitrogens with zero attached hydrogens (tertiary/aromatic N) is 2. The lowest BCUT2D eigenvalue weighted by Crippen LogP contribution is -2.51. The SMILES string of the molecule is CN1CCN(S(=O)(=O)C23C=CC4SC4C2S3)CC1. The summed E-state index contributed by atoms with van der Waals surface area (Å²) < 4.78 is 26.7. The van der Waals surface area contributed by atoms with Gasteiger partial charge in [-0.2, -0.15) is 4.31 Å². The zero-order chi connectivity index (χ0) is 12.5. The lowest BCUT2D eigenvalue weighted by atomic mass is 10.1. The quantitative estimate of drug-likeness (QED) is 0.546. The largest absolute Gasteiger partial charge is 0.304 e. The van der Waals surface area contributed by atoms with Crippen LogP contribution in [-0.2, 0) is 10.0 Å². The number of sulfonamides is 1. The number of fused-ring (bicyclic) bond motifs is 3. The van der Waals surface area contributed by atoms with E-state index in [-0.39, 0.29) is 0 Å². The van der Waals surface area contributed by atoms with E-state index in [9.17, 15) is 8.42 Å². The molecule has 0 aromatic carbocycles. The monoisotopic (exact) mass is 304 g/mol. The van der Waals surface area contributed by atoms with Crippen LogP contribution in [0.1, 0.15) is 0 Å². The minimum atomic E-state index is -3.17. The Morgan fingerprint density at radius 2 is 2.00 bits per heavy atom. The molecule has 4 nitrogen and oxygen atoms in total. The van der Waals surface area contributed by atoms with Gasteiger partial charge in [-0.05, 0) is 7.05 Å². The zero-order valence-electron chi connectivity index (χ0n) is 10.2. The van der Waals surface area contributed by atoms with E-state index in [0.717, 1.165) is 13.1 Å². The van der Waals surface area contributed by atoms with Crippen molar-refractivity contribution in [2.75, 3.05) is 33.2 Å². The maximum absolute atomic E-state index is 12.8. The lowest BCUT2D eigenvalue weighted by Gasteiger charge is -2.33. The third kappa shape index (κ3) is 1.51. The molecule has 18 heavy (non-hydrogen) atoms. The molecule has 7 heteroatoms. The summed E-state index contributed by atoms with van der Waals surface area (Å²) >= 11 is 3.56. The van der Waals surface area contributed by atoms with Crippen LogP contribution in [0.2, 0.25) is 0 Å². The predicted molar refractivity (Wildman–Crippen MR) is 76.4 cm³/mol. The highest BCUT2D eigenvalue weighted by atomic mass is 32.3. The van der Waals surface area contributed by atoms with Gasteiger partial charge in [0.15, 0.2) is 4.08 Å². The molecule has 0 bridgehead atoms. The van der Waals surface area contributed by atoms with Gasteiger partial charge in [0.2, 0.25) is 10.0 Å². The van der Waals surface area contributed by atoms with Crippen molar-refractivity contribution >= 4 is 33.5 Å². The Labute approximate surface area is 116 Å². The smallest absolute Gasteiger partial charge is 0.234 e. The molecule has 0 spiro atoms. The molecular weight excluding hydrogens is 288 g/mol. The van der Waals surface area contributed by atoms with Crippen LogP contribution in [0.5, 0.6) is 0 Å². The molecule has 0 amide bonds. The van der Waals surface area contributed by atoms with E-state index in [2.05, 4.69) is 11.0 Å². The van der Waals surface area contributed by atoms with E-state index in [0.29, 0.717) is 28.8 Å². The number of piperazine rings is 1. The Bertz CT molecular complexity index is 512. The van der Waals surface area contributed by atoms with Crippen molar-refractivity contribution in [2.45, 2.75) is 19.8 Å². The summed E-state index contributed by atoms with van der Waals surface area (Å²) in [5.41, 5.74) is 0. The zero-order valence-corrected chi connectivity index (χ0v) is 12.6. The van der Waals surface area contributed by atoms with Crippen molar-refractivity contribution in [3.8, 4) is 0 Å². The standard InChI is InChI=1S/C11H16N2O2S3/c1-12-4-6-13(7-5-12)18(14,15)11-3-2-8-9(16-8)10(11)17-11/h2-3,8-10H,4-7H2,1H3. The van der Waals surface area contributed by atoms with E-state index in [1.165, 1.54) is 0 Å². The molecule has 0 radical (unpaired) electrons. The van der Waals surface area contributed by atoms with Crippen LogP contribution >= 0.6 is 23.5 Å². The first-order valence-corrected chi connectivity index (χ1v) is 9.52. The van der Waals surface area contributed by atoms with Crippen LogP contribution in [0, 0.1) is 0 Å². The average molecular weight is 304 g/mol. The Kier molecular flexibility index (Phi) is 2.48. The highest BCUT2D eigenvalue weighted by Crippen LogP contribution is 2.71. The summed E-state index contributed by atoms with van der Waals surface area (Å²) in [5.74, 6) is 0. The Morgan fingerprint density at radius 3 is 2.72 bits per heavy atom. The second-order valence-corrected chi connectivity index (χ2v) is 10.6. The second-order valence-electron chi connectivity index (χ2n) is 5.39. The summed E-state index contributed by atoms with van der Waals surface area (Å²) in [6.45, 7) is 2.97. The fourth-order valence-electron chi connectivity index (χ4n) is 2.88. The molecule has 4 unspecified atom stereocenters. The van der Waals surface area contributed by atoms with Crippen LogP contribution in [-0.4, -0.2) is 70.7 Å². The molecule has 0 aromatic rings. The number of likely N-dealkylation sites (N-methyl/N-ethyl adjacent to an activating group) is 1. The van der Waals surface area contributed by atoms with E-state index in [4.69, 9.17) is 0 Å². The van der Waals surface area contributed by atoms with Crippen molar-refractivity contribution in [1.82, 2.24) is 9.21 Å². The molecule has 3 fully saturated rings. The van der Waals surface area contributed by atoms with Gasteiger partial charge in [-0.15, -0.1) is 23.5 Å². The van der Waals surface area contributed by atoms with Crippen molar-refractivity contribution in [3.05, 3.63) is 12.2 Å². The molecule has 100 valence electrons. The van der Waals surface area contributed by atoms with Gasteiger partial charge in [-0.3, -0.25) is 0 Å². The van der Waals surface area contributed by atoms with Gasteiger partial charge in [0.25, 0.3) is 0 Å². The summed E-state index contributed by atoms with van der Waals surface area (Å²) in [6.07, 6.45) is 4.08. The molecular formula is C11H16N2O2S3. The lowest BCUT2D eigenvalue weighted by molar-refractivity contribution is 0.221. The first-order valence-electron chi connectivity index (χ1n) is 6.25. The second kappa shape index (κ2) is 3.69. The van der Waals surface area contributed by atoms with Gasteiger partial charge in [0.05, 0.1) is 5.25 Å². The van der Waals surface area contributed by atoms with Crippen molar-refractivity contribution in [1.29, 1.82) is 0 Å². The highest BCUT2D eigenvalue weighted by Gasteiger charge is 2.73. The summed E-state index contributed by atoms with van der Waals surface area (Å²) in [4.78, 5) is 2.19. The third-order valence-electron chi connectivity index (χ3n) is 4.23. The van der Waals surface area contributed by atoms with Gasteiger partial charge in [0.1, 0.15) is 0 Å². The molecule has 4 atom stereocenters. The molecule has 3 aliphatic heterocycles. The minimum absolute atomic E-state index is 0.308. The molecule has 0 aromatic heterocycles. The van der Waals surface area contributed by atoms with Crippen LogP contribution in [0.4, 0.5) is 0 Å². The Hall–Kier alpha value is 0.310. The molecule has 0 saturated carbocycles. The molecule has 1 aliphatic carbocycles. The van der Waals surface area contributed by atoms with Crippen LogP contribution in [0.25, 0.3) is 0 Å². The predicted octanol–water partition coefficient (Wildman–Crippen LogP) is 0.429. The van der Waals surface area contributed by atoms with E-state index in [1.54, 1.807) is 16.1 Å². The fourth-order valence-corrected chi connectivity index (χ4v) is 8.79. The molecule has 4 aliphatic rings. The Morgan fingerprint density at radius 1 is 1.28 bits per heavy atom. The van der Waals surface area contributed by atoms with Crippen LogP contribution < -0.4 is 0 Å². The van der Waals surface area contributed by atoms with Crippen molar-refractivity contribution in [3.63, 3.8) is 0 Å². The van der Waals surface area contributed by atoms with Crippen molar-refractivity contribution in [2.24, 2.45) is 0 Å². The van der Waals surface area contributed by atoms with Gasteiger partial charge in [-0.1, -0.05) is 12.2 Å².